The molecule has 140 valence electrons. The number of benzene rings is 4. The molecular formula is C25H18N2OS. The predicted octanol–water partition coefficient (Wildman–Crippen LogP) is 6.30. The maximum absolute atomic E-state index is 12.6. The fourth-order valence-corrected chi connectivity index (χ4v) is 4.49. The largest absolute Gasteiger partial charge is 0.326 e. The Bertz CT molecular complexity index is 1280. The Kier molecular flexibility index (Phi) is 4.54. The van der Waals surface area contributed by atoms with Gasteiger partial charge < -0.3 is 5.32 Å². The van der Waals surface area contributed by atoms with E-state index in [2.05, 4.69) is 34.6 Å². The van der Waals surface area contributed by atoms with Gasteiger partial charge in [-0.1, -0.05) is 54.6 Å². The summed E-state index contributed by atoms with van der Waals surface area (Å²) >= 11 is 1.67. The highest BCUT2D eigenvalue weighted by Gasteiger charge is 2.09. The second-order valence-corrected chi connectivity index (χ2v) is 7.96. The molecule has 0 saturated heterocycles. The van der Waals surface area contributed by atoms with Crippen LogP contribution in [0.5, 0.6) is 0 Å². The van der Waals surface area contributed by atoms with Gasteiger partial charge in [0.1, 0.15) is 5.01 Å². The Labute approximate surface area is 172 Å². The monoisotopic (exact) mass is 394 g/mol. The minimum atomic E-state index is -0.0194. The number of anilines is 1. The molecule has 0 aliphatic heterocycles. The lowest BCUT2D eigenvalue weighted by Crippen LogP contribution is -2.14. The number of hydrogen-bond donors (Lipinski definition) is 1. The van der Waals surface area contributed by atoms with Gasteiger partial charge in [-0.25, -0.2) is 4.98 Å². The van der Waals surface area contributed by atoms with Gasteiger partial charge in [0.15, 0.2) is 0 Å². The van der Waals surface area contributed by atoms with Crippen molar-refractivity contribution in [3.63, 3.8) is 0 Å². The molecule has 1 N–H and O–H groups in total. The van der Waals surface area contributed by atoms with Crippen molar-refractivity contribution in [1.82, 2.24) is 4.98 Å². The molecule has 0 saturated carbocycles. The van der Waals surface area contributed by atoms with Crippen LogP contribution in [0.2, 0.25) is 0 Å². The fourth-order valence-electron chi connectivity index (χ4n) is 3.52. The van der Waals surface area contributed by atoms with Gasteiger partial charge in [0.25, 0.3) is 0 Å². The average Bonchev–Trinajstić information content (AvgIpc) is 3.19. The van der Waals surface area contributed by atoms with Gasteiger partial charge in [-0.15, -0.1) is 11.3 Å². The Morgan fingerprint density at radius 1 is 0.828 bits per heavy atom. The maximum Gasteiger partial charge on any atom is 0.228 e. The second-order valence-electron chi connectivity index (χ2n) is 6.93. The Morgan fingerprint density at radius 2 is 1.59 bits per heavy atom. The summed E-state index contributed by atoms with van der Waals surface area (Å²) in [5, 5.41) is 6.26. The smallest absolute Gasteiger partial charge is 0.228 e. The summed E-state index contributed by atoms with van der Waals surface area (Å²) in [4.78, 5) is 17.3. The van der Waals surface area contributed by atoms with Crippen LogP contribution in [0.1, 0.15) is 5.56 Å². The Morgan fingerprint density at radius 3 is 2.45 bits per heavy atom. The first-order valence-electron chi connectivity index (χ1n) is 9.49. The highest BCUT2D eigenvalue weighted by atomic mass is 32.1. The number of para-hydroxylation sites is 1. The normalized spacial score (nSPS) is 11.0. The van der Waals surface area contributed by atoms with Crippen LogP contribution in [0.25, 0.3) is 31.6 Å². The molecule has 0 aliphatic rings. The summed E-state index contributed by atoms with van der Waals surface area (Å²) in [5.74, 6) is -0.0194. The van der Waals surface area contributed by atoms with E-state index in [4.69, 9.17) is 0 Å². The van der Waals surface area contributed by atoms with Crippen molar-refractivity contribution >= 4 is 43.9 Å². The van der Waals surface area contributed by atoms with Crippen molar-refractivity contribution in [3.8, 4) is 10.6 Å². The van der Waals surface area contributed by atoms with Gasteiger partial charge >= 0.3 is 0 Å². The van der Waals surface area contributed by atoms with E-state index in [0.29, 0.717) is 6.42 Å². The van der Waals surface area contributed by atoms with Crippen LogP contribution in [-0.2, 0) is 11.2 Å². The van der Waals surface area contributed by atoms with E-state index in [0.717, 1.165) is 38.1 Å². The summed E-state index contributed by atoms with van der Waals surface area (Å²) in [7, 11) is 0. The fraction of sp³-hybridized carbons (Fsp3) is 0.0400. The molecule has 0 bridgehead atoms. The molecule has 1 heterocycles. The second kappa shape index (κ2) is 7.49. The van der Waals surface area contributed by atoms with Gasteiger partial charge in [-0.2, -0.15) is 0 Å². The Hall–Kier alpha value is -3.50. The van der Waals surface area contributed by atoms with Crippen LogP contribution in [0.4, 0.5) is 5.69 Å². The van der Waals surface area contributed by atoms with Crippen LogP contribution < -0.4 is 5.32 Å². The average molecular weight is 394 g/mol. The summed E-state index contributed by atoms with van der Waals surface area (Å²) in [5.41, 5.74) is 3.89. The van der Waals surface area contributed by atoms with Gasteiger partial charge in [-0.05, 0) is 52.7 Å². The molecule has 0 aliphatic carbocycles. The van der Waals surface area contributed by atoms with Gasteiger partial charge in [0.05, 0.1) is 16.6 Å². The lowest BCUT2D eigenvalue weighted by atomic mass is 10.0. The molecular weight excluding hydrogens is 376 g/mol. The zero-order valence-corrected chi connectivity index (χ0v) is 16.4. The third-order valence-corrected chi connectivity index (χ3v) is 6.03. The summed E-state index contributed by atoms with van der Waals surface area (Å²) in [6.45, 7) is 0. The summed E-state index contributed by atoms with van der Waals surface area (Å²) < 4.78 is 1.18. The molecule has 1 amide bonds. The molecule has 5 aromatic rings. The van der Waals surface area contributed by atoms with E-state index in [1.54, 1.807) is 11.3 Å². The first-order valence-corrected chi connectivity index (χ1v) is 10.3. The highest BCUT2D eigenvalue weighted by Crippen LogP contribution is 2.30. The van der Waals surface area contributed by atoms with Gasteiger partial charge in [-0.3, -0.25) is 4.79 Å². The number of carbonyl (C=O) groups excluding carboxylic acids is 1. The molecule has 4 heteroatoms. The number of thiazole rings is 1. The van der Waals surface area contributed by atoms with E-state index >= 15 is 0 Å². The number of carbonyl (C=O) groups is 1. The SMILES string of the molecule is O=C(Cc1cccc2ccccc12)Nc1ccc(-c2nc3ccccc3s2)cc1. The number of nitrogens with zero attached hydrogens (tertiary/aromatic N) is 1. The van der Waals surface area contributed by atoms with Crippen LogP contribution in [-0.4, -0.2) is 10.9 Å². The first-order chi connectivity index (χ1) is 14.3. The van der Waals surface area contributed by atoms with Crippen LogP contribution >= 0.6 is 11.3 Å². The van der Waals surface area contributed by atoms with Crippen molar-refractivity contribution in [2.45, 2.75) is 6.42 Å². The van der Waals surface area contributed by atoms with Crippen molar-refractivity contribution in [1.29, 1.82) is 0 Å². The molecule has 0 unspecified atom stereocenters. The number of hydrogen-bond acceptors (Lipinski definition) is 3. The quantitative estimate of drug-likeness (QED) is 0.389. The minimum absolute atomic E-state index is 0.0194. The van der Waals surface area contributed by atoms with Crippen LogP contribution in [0.15, 0.2) is 91.0 Å². The first kappa shape index (κ1) is 17.6. The van der Waals surface area contributed by atoms with Gasteiger partial charge in [0.2, 0.25) is 5.91 Å². The predicted molar refractivity (Wildman–Crippen MR) is 121 cm³/mol. The number of rotatable bonds is 4. The van der Waals surface area contributed by atoms with E-state index in [1.165, 1.54) is 4.70 Å². The van der Waals surface area contributed by atoms with Crippen molar-refractivity contribution in [2.24, 2.45) is 0 Å². The zero-order chi connectivity index (χ0) is 19.6. The maximum atomic E-state index is 12.6. The molecule has 0 fully saturated rings. The topological polar surface area (TPSA) is 42.0 Å². The molecule has 5 rings (SSSR count). The number of fused-ring (bicyclic) bond motifs is 2. The third kappa shape index (κ3) is 3.62. The Balaban J connectivity index is 1.32. The van der Waals surface area contributed by atoms with E-state index < -0.39 is 0 Å². The summed E-state index contributed by atoms with van der Waals surface area (Å²) in [6.07, 6.45) is 0.348. The number of nitrogens with one attached hydrogen (secondary N) is 1. The molecule has 0 spiro atoms. The van der Waals surface area contributed by atoms with Crippen LogP contribution in [0, 0.1) is 0 Å². The number of aromatic nitrogens is 1. The van der Waals surface area contributed by atoms with E-state index in [-0.39, 0.29) is 5.91 Å². The molecule has 1 aromatic heterocycles. The molecule has 3 nitrogen and oxygen atoms in total. The van der Waals surface area contributed by atoms with Crippen molar-refractivity contribution in [2.75, 3.05) is 5.32 Å². The standard InChI is InChI=1S/C25H18N2OS/c28-24(16-19-8-5-7-17-6-1-2-9-21(17)19)26-20-14-12-18(13-15-20)25-27-22-10-3-4-11-23(22)29-25/h1-15H,16H2,(H,26,28). The van der Waals surface area contributed by atoms with E-state index in [9.17, 15) is 4.79 Å². The van der Waals surface area contributed by atoms with E-state index in [1.807, 2.05) is 66.7 Å². The molecule has 4 aromatic carbocycles. The zero-order valence-electron chi connectivity index (χ0n) is 15.6. The van der Waals surface area contributed by atoms with Gasteiger partial charge in [0, 0.05) is 11.3 Å². The minimum Gasteiger partial charge on any atom is -0.326 e. The molecule has 29 heavy (non-hydrogen) atoms. The molecule has 0 atom stereocenters. The lowest BCUT2D eigenvalue weighted by Gasteiger charge is -2.08. The lowest BCUT2D eigenvalue weighted by molar-refractivity contribution is -0.115. The third-order valence-electron chi connectivity index (χ3n) is 4.94. The highest BCUT2D eigenvalue weighted by molar-refractivity contribution is 7.21. The van der Waals surface area contributed by atoms with Crippen LogP contribution in [0.3, 0.4) is 0 Å². The summed E-state index contributed by atoms with van der Waals surface area (Å²) in [6, 6.07) is 30.2. The van der Waals surface area contributed by atoms with Crippen molar-refractivity contribution < 1.29 is 4.79 Å². The number of amides is 1. The van der Waals surface area contributed by atoms with Crippen molar-refractivity contribution in [3.05, 3.63) is 96.6 Å². The molecule has 0 radical (unpaired) electrons.